The van der Waals surface area contributed by atoms with Gasteiger partial charge in [-0.15, -0.1) is 0 Å². The predicted molar refractivity (Wildman–Crippen MR) is 63.5 cm³/mol. The van der Waals surface area contributed by atoms with E-state index < -0.39 is 5.82 Å². The van der Waals surface area contributed by atoms with E-state index in [-0.39, 0.29) is 10.0 Å². The second-order valence-corrected chi connectivity index (χ2v) is 4.33. The van der Waals surface area contributed by atoms with Gasteiger partial charge in [-0.2, -0.15) is 5.10 Å². The number of aryl methyl sites for hydroxylation is 1. The average molecular weight is 278 g/mol. The van der Waals surface area contributed by atoms with Gasteiger partial charge in [-0.1, -0.05) is 23.2 Å². The number of aromatic amines is 1. The fourth-order valence-corrected chi connectivity index (χ4v) is 2.29. The number of nitrogens with one attached hydrogen (secondary N) is 1. The standard InChI is InChI=1S/C9H6Cl2FN3S/c1-4-13-14-9(16)15(4)8-6(10)2-5(12)3-7(8)11/h2-3H,1H3,(H,14,16). The Morgan fingerprint density at radius 1 is 1.38 bits per heavy atom. The summed E-state index contributed by atoms with van der Waals surface area (Å²) in [5, 5.41) is 6.91. The zero-order valence-electron chi connectivity index (χ0n) is 8.09. The second-order valence-electron chi connectivity index (χ2n) is 3.13. The van der Waals surface area contributed by atoms with Crippen LogP contribution in [-0.4, -0.2) is 14.8 Å². The van der Waals surface area contributed by atoms with Gasteiger partial charge in [0.15, 0.2) is 4.77 Å². The smallest absolute Gasteiger partial charge is 0.199 e. The zero-order chi connectivity index (χ0) is 11.9. The molecular formula is C9H6Cl2FN3S. The van der Waals surface area contributed by atoms with Crippen LogP contribution in [0.1, 0.15) is 5.82 Å². The van der Waals surface area contributed by atoms with Gasteiger partial charge < -0.3 is 0 Å². The molecule has 0 aliphatic heterocycles. The molecule has 2 rings (SSSR count). The lowest BCUT2D eigenvalue weighted by atomic mass is 10.3. The minimum atomic E-state index is -0.494. The summed E-state index contributed by atoms with van der Waals surface area (Å²) >= 11 is 16.9. The van der Waals surface area contributed by atoms with Crippen molar-refractivity contribution in [2.75, 3.05) is 0 Å². The Kier molecular flexibility index (Phi) is 3.01. The molecule has 2 aromatic rings. The summed E-state index contributed by atoms with van der Waals surface area (Å²) in [4.78, 5) is 0. The van der Waals surface area contributed by atoms with Gasteiger partial charge in [-0.05, 0) is 31.3 Å². The number of hydrogen-bond acceptors (Lipinski definition) is 2. The molecule has 7 heteroatoms. The van der Waals surface area contributed by atoms with Gasteiger partial charge in [-0.3, -0.25) is 9.67 Å². The Hall–Kier alpha value is -0.910. The normalized spacial score (nSPS) is 10.8. The number of nitrogens with zero attached hydrogens (tertiary/aromatic N) is 2. The van der Waals surface area contributed by atoms with Crippen molar-refractivity contribution in [3.8, 4) is 5.69 Å². The van der Waals surface area contributed by atoms with Crippen LogP contribution in [0.4, 0.5) is 4.39 Å². The molecule has 0 amide bonds. The van der Waals surface area contributed by atoms with E-state index in [4.69, 9.17) is 35.4 Å². The highest BCUT2D eigenvalue weighted by Gasteiger charge is 2.13. The van der Waals surface area contributed by atoms with Crippen LogP contribution >= 0.6 is 35.4 Å². The Morgan fingerprint density at radius 2 is 1.94 bits per heavy atom. The van der Waals surface area contributed by atoms with E-state index in [0.717, 1.165) is 0 Å². The first kappa shape index (κ1) is 11.6. The Bertz CT molecular complexity index is 582. The largest absolute Gasteiger partial charge is 0.269 e. The molecule has 0 radical (unpaired) electrons. The van der Waals surface area contributed by atoms with Crippen molar-refractivity contribution in [1.29, 1.82) is 0 Å². The highest BCUT2D eigenvalue weighted by Crippen LogP contribution is 2.30. The van der Waals surface area contributed by atoms with Crippen molar-refractivity contribution in [3.05, 3.63) is 38.6 Å². The third kappa shape index (κ3) is 1.86. The molecule has 0 spiro atoms. The van der Waals surface area contributed by atoms with Crippen LogP contribution in [0, 0.1) is 17.5 Å². The molecule has 0 aliphatic rings. The lowest BCUT2D eigenvalue weighted by molar-refractivity contribution is 0.627. The van der Waals surface area contributed by atoms with Gasteiger partial charge in [-0.25, -0.2) is 4.39 Å². The summed E-state index contributed by atoms with van der Waals surface area (Å²) in [6.45, 7) is 1.74. The molecule has 1 heterocycles. The lowest BCUT2D eigenvalue weighted by Crippen LogP contribution is -2.00. The Morgan fingerprint density at radius 3 is 2.38 bits per heavy atom. The third-order valence-corrected chi connectivity index (χ3v) is 2.90. The topological polar surface area (TPSA) is 33.6 Å². The van der Waals surface area contributed by atoms with E-state index >= 15 is 0 Å². The predicted octanol–water partition coefficient (Wildman–Crippen LogP) is 3.68. The van der Waals surface area contributed by atoms with Crippen molar-refractivity contribution in [1.82, 2.24) is 14.8 Å². The Labute approximate surface area is 106 Å². The van der Waals surface area contributed by atoms with Gasteiger partial charge in [0, 0.05) is 0 Å². The van der Waals surface area contributed by atoms with E-state index in [1.54, 1.807) is 11.5 Å². The van der Waals surface area contributed by atoms with Crippen LogP contribution in [0.2, 0.25) is 10.0 Å². The summed E-state index contributed by atoms with van der Waals surface area (Å²) < 4.78 is 14.9. The van der Waals surface area contributed by atoms with Crippen molar-refractivity contribution < 1.29 is 4.39 Å². The monoisotopic (exact) mass is 277 g/mol. The van der Waals surface area contributed by atoms with Crippen LogP contribution < -0.4 is 0 Å². The van der Waals surface area contributed by atoms with E-state index in [2.05, 4.69) is 10.2 Å². The maximum Gasteiger partial charge on any atom is 0.199 e. The molecule has 0 unspecified atom stereocenters. The van der Waals surface area contributed by atoms with Gasteiger partial charge in [0.25, 0.3) is 0 Å². The maximum absolute atomic E-state index is 13.0. The second kappa shape index (κ2) is 4.16. The lowest BCUT2D eigenvalue weighted by Gasteiger charge is -2.08. The molecule has 1 aromatic heterocycles. The zero-order valence-corrected chi connectivity index (χ0v) is 10.4. The molecule has 0 atom stereocenters. The van der Waals surface area contributed by atoms with E-state index in [9.17, 15) is 4.39 Å². The molecule has 3 nitrogen and oxygen atoms in total. The van der Waals surface area contributed by atoms with E-state index in [0.29, 0.717) is 16.3 Å². The SMILES string of the molecule is Cc1n[nH]c(=S)n1-c1c(Cl)cc(F)cc1Cl. The first-order valence-corrected chi connectivity index (χ1v) is 5.46. The van der Waals surface area contributed by atoms with Crippen LogP contribution in [0.25, 0.3) is 5.69 Å². The summed E-state index contributed by atoms with van der Waals surface area (Å²) in [5.74, 6) is 0.104. The van der Waals surface area contributed by atoms with Crippen LogP contribution in [-0.2, 0) is 0 Å². The highest BCUT2D eigenvalue weighted by atomic mass is 35.5. The number of halogens is 3. The number of hydrogen-bond donors (Lipinski definition) is 1. The average Bonchev–Trinajstić information content (AvgIpc) is 2.47. The minimum absolute atomic E-state index is 0.186. The summed E-state index contributed by atoms with van der Waals surface area (Å²) in [5.41, 5.74) is 0.431. The summed E-state index contributed by atoms with van der Waals surface area (Å²) in [7, 11) is 0. The molecule has 0 saturated heterocycles. The molecule has 1 N–H and O–H groups in total. The van der Waals surface area contributed by atoms with Crippen LogP contribution in [0.5, 0.6) is 0 Å². The van der Waals surface area contributed by atoms with Crippen molar-refractivity contribution in [2.24, 2.45) is 0 Å². The molecule has 16 heavy (non-hydrogen) atoms. The first-order valence-electron chi connectivity index (χ1n) is 4.29. The van der Waals surface area contributed by atoms with Crippen molar-refractivity contribution in [3.63, 3.8) is 0 Å². The number of H-pyrrole nitrogens is 1. The quantitative estimate of drug-likeness (QED) is 0.807. The van der Waals surface area contributed by atoms with Crippen molar-refractivity contribution in [2.45, 2.75) is 6.92 Å². The fraction of sp³-hybridized carbons (Fsp3) is 0.111. The molecule has 0 fully saturated rings. The molecular weight excluding hydrogens is 272 g/mol. The Balaban J connectivity index is 2.79. The van der Waals surface area contributed by atoms with Gasteiger partial charge in [0.2, 0.25) is 0 Å². The number of aromatic nitrogens is 3. The number of rotatable bonds is 1. The van der Waals surface area contributed by atoms with Crippen LogP contribution in [0.3, 0.4) is 0 Å². The maximum atomic E-state index is 13.0. The van der Waals surface area contributed by atoms with Gasteiger partial charge in [0.05, 0.1) is 15.7 Å². The van der Waals surface area contributed by atoms with Gasteiger partial charge in [0.1, 0.15) is 11.6 Å². The highest BCUT2D eigenvalue weighted by molar-refractivity contribution is 7.71. The summed E-state index contributed by atoms with van der Waals surface area (Å²) in [6, 6.07) is 2.36. The van der Waals surface area contributed by atoms with E-state index in [1.807, 2.05) is 0 Å². The molecule has 84 valence electrons. The third-order valence-electron chi connectivity index (χ3n) is 2.05. The molecule has 0 saturated carbocycles. The minimum Gasteiger partial charge on any atom is -0.269 e. The molecule has 0 bridgehead atoms. The fourth-order valence-electron chi connectivity index (χ4n) is 1.39. The first-order chi connectivity index (χ1) is 7.50. The molecule has 0 aliphatic carbocycles. The van der Waals surface area contributed by atoms with Crippen LogP contribution in [0.15, 0.2) is 12.1 Å². The van der Waals surface area contributed by atoms with Gasteiger partial charge >= 0.3 is 0 Å². The van der Waals surface area contributed by atoms with Crippen molar-refractivity contribution >= 4 is 35.4 Å². The van der Waals surface area contributed by atoms with E-state index in [1.165, 1.54) is 12.1 Å². The summed E-state index contributed by atoms with van der Waals surface area (Å²) in [6.07, 6.45) is 0. The number of benzene rings is 1. The molecule has 1 aromatic carbocycles.